The summed E-state index contributed by atoms with van der Waals surface area (Å²) in [5.41, 5.74) is 0.167. The fraction of sp³-hybridized carbons (Fsp3) is 1.00. The number of hydrogen-bond acceptors (Lipinski definition) is 2. The van der Waals surface area contributed by atoms with Crippen LogP contribution in [0.5, 0.6) is 0 Å². The Hall–Kier alpha value is -0.0800. The van der Waals surface area contributed by atoms with Gasteiger partial charge in [0, 0.05) is 12.5 Å². The van der Waals surface area contributed by atoms with E-state index in [0.717, 1.165) is 6.42 Å². The Kier molecular flexibility index (Phi) is 2.55. The molecule has 0 aliphatic carbocycles. The van der Waals surface area contributed by atoms with Crippen molar-refractivity contribution in [2.45, 2.75) is 33.3 Å². The lowest BCUT2D eigenvalue weighted by Crippen LogP contribution is -2.40. The molecule has 1 aliphatic heterocycles. The van der Waals surface area contributed by atoms with Crippen LogP contribution in [0.3, 0.4) is 0 Å². The molecule has 0 saturated carbocycles. The molecule has 1 heterocycles. The van der Waals surface area contributed by atoms with Gasteiger partial charge in [0.25, 0.3) is 0 Å². The number of hydrogen-bond donors (Lipinski definition) is 1. The molecule has 66 valence electrons. The minimum atomic E-state index is -0.163. The van der Waals surface area contributed by atoms with Crippen molar-refractivity contribution in [1.29, 1.82) is 0 Å². The Balaban J connectivity index is 2.55. The number of rotatable bonds is 0. The van der Waals surface area contributed by atoms with Crippen molar-refractivity contribution in [3.8, 4) is 0 Å². The molecule has 0 aromatic rings. The molecule has 0 spiro atoms. The summed E-state index contributed by atoms with van der Waals surface area (Å²) < 4.78 is 5.32. The maximum Gasteiger partial charge on any atom is 0.0617 e. The summed E-state index contributed by atoms with van der Waals surface area (Å²) >= 11 is 0. The van der Waals surface area contributed by atoms with Crippen molar-refractivity contribution in [3.63, 3.8) is 0 Å². The number of aliphatic hydroxyl groups excluding tert-OH is 1. The van der Waals surface area contributed by atoms with Crippen LogP contribution in [0.4, 0.5) is 0 Å². The minimum absolute atomic E-state index is 0.163. The monoisotopic (exact) mass is 158 g/mol. The van der Waals surface area contributed by atoms with E-state index in [1.165, 1.54) is 0 Å². The van der Waals surface area contributed by atoms with Crippen molar-refractivity contribution in [1.82, 2.24) is 0 Å². The van der Waals surface area contributed by atoms with Gasteiger partial charge in [-0.2, -0.15) is 0 Å². The Bertz CT molecular complexity index is 126. The molecule has 1 rings (SSSR count). The first-order valence-corrected chi connectivity index (χ1v) is 4.27. The van der Waals surface area contributed by atoms with Crippen molar-refractivity contribution in [2.24, 2.45) is 11.3 Å². The molecule has 2 atom stereocenters. The zero-order valence-electron chi connectivity index (χ0n) is 7.63. The normalized spacial score (nSPS) is 33.8. The predicted octanol–water partition coefficient (Wildman–Crippen LogP) is 1.43. The average molecular weight is 158 g/mol. The number of aliphatic hydroxyl groups is 1. The lowest BCUT2D eigenvalue weighted by molar-refractivity contribution is -0.0749. The van der Waals surface area contributed by atoms with E-state index >= 15 is 0 Å². The molecule has 11 heavy (non-hydrogen) atoms. The van der Waals surface area contributed by atoms with Crippen molar-refractivity contribution >= 4 is 0 Å². The summed E-state index contributed by atoms with van der Waals surface area (Å²) in [5, 5.41) is 9.62. The Morgan fingerprint density at radius 3 is 2.36 bits per heavy atom. The summed E-state index contributed by atoms with van der Waals surface area (Å²) in [6, 6.07) is 0. The van der Waals surface area contributed by atoms with E-state index in [9.17, 15) is 5.11 Å². The first-order valence-electron chi connectivity index (χ1n) is 4.27. The van der Waals surface area contributed by atoms with Gasteiger partial charge in [0.05, 0.1) is 12.7 Å². The Labute approximate surface area is 68.6 Å². The van der Waals surface area contributed by atoms with Gasteiger partial charge in [-0.05, 0) is 11.8 Å². The van der Waals surface area contributed by atoms with Gasteiger partial charge in [-0.3, -0.25) is 0 Å². The molecule has 0 aromatic carbocycles. The maximum absolute atomic E-state index is 9.62. The quantitative estimate of drug-likeness (QED) is 0.578. The van der Waals surface area contributed by atoms with Gasteiger partial charge in [-0.15, -0.1) is 0 Å². The van der Waals surface area contributed by atoms with Gasteiger partial charge >= 0.3 is 0 Å². The largest absolute Gasteiger partial charge is 0.393 e. The molecule has 0 amide bonds. The highest BCUT2D eigenvalue weighted by molar-refractivity contribution is 4.82. The Morgan fingerprint density at radius 1 is 1.36 bits per heavy atom. The topological polar surface area (TPSA) is 29.5 Å². The van der Waals surface area contributed by atoms with Crippen LogP contribution in [0.25, 0.3) is 0 Å². The molecule has 2 nitrogen and oxygen atoms in total. The first-order chi connectivity index (χ1) is 5.02. The molecule has 1 fully saturated rings. The zero-order chi connectivity index (χ0) is 8.48. The zero-order valence-corrected chi connectivity index (χ0v) is 7.63. The van der Waals surface area contributed by atoms with Gasteiger partial charge < -0.3 is 9.84 Å². The van der Waals surface area contributed by atoms with Crippen LogP contribution in [0.1, 0.15) is 27.2 Å². The SMILES string of the molecule is CC(C)(C)[C@@H]1COCC[C@@H]1O. The second-order valence-corrected chi connectivity index (χ2v) is 4.40. The first kappa shape index (κ1) is 9.01. The van der Waals surface area contributed by atoms with Gasteiger partial charge in [0.15, 0.2) is 0 Å². The maximum atomic E-state index is 9.62. The molecular formula is C9H18O2. The van der Waals surface area contributed by atoms with Crippen LogP contribution in [-0.4, -0.2) is 24.4 Å². The standard InChI is InChI=1S/C9H18O2/c1-9(2,3)7-6-11-5-4-8(7)10/h7-8,10H,4-6H2,1-3H3/t7-,8+/m1/s1. The van der Waals surface area contributed by atoms with Gasteiger partial charge in [-0.1, -0.05) is 20.8 Å². The number of ether oxygens (including phenoxy) is 1. The molecule has 0 unspecified atom stereocenters. The molecule has 1 aliphatic rings. The molecule has 0 radical (unpaired) electrons. The molecule has 2 heteroatoms. The van der Waals surface area contributed by atoms with Crippen LogP contribution >= 0.6 is 0 Å². The van der Waals surface area contributed by atoms with Crippen LogP contribution in [0.2, 0.25) is 0 Å². The van der Waals surface area contributed by atoms with Gasteiger partial charge in [-0.25, -0.2) is 0 Å². The fourth-order valence-corrected chi connectivity index (χ4v) is 1.55. The summed E-state index contributed by atoms with van der Waals surface area (Å²) in [7, 11) is 0. The fourth-order valence-electron chi connectivity index (χ4n) is 1.55. The van der Waals surface area contributed by atoms with Crippen LogP contribution < -0.4 is 0 Å². The van der Waals surface area contributed by atoms with Gasteiger partial charge in [0.2, 0.25) is 0 Å². The van der Waals surface area contributed by atoms with Crippen LogP contribution in [-0.2, 0) is 4.74 Å². The smallest absolute Gasteiger partial charge is 0.0617 e. The molecule has 1 saturated heterocycles. The molecule has 1 N–H and O–H groups in total. The molecule has 0 bridgehead atoms. The van der Waals surface area contributed by atoms with Gasteiger partial charge in [0.1, 0.15) is 0 Å². The lowest BCUT2D eigenvalue weighted by Gasteiger charge is -2.37. The van der Waals surface area contributed by atoms with Crippen molar-refractivity contribution < 1.29 is 9.84 Å². The Morgan fingerprint density at radius 2 is 2.00 bits per heavy atom. The van der Waals surface area contributed by atoms with E-state index in [1.807, 2.05) is 0 Å². The lowest BCUT2D eigenvalue weighted by atomic mass is 9.76. The second-order valence-electron chi connectivity index (χ2n) is 4.40. The average Bonchev–Trinajstić information content (AvgIpc) is 1.86. The van der Waals surface area contributed by atoms with E-state index in [2.05, 4.69) is 20.8 Å². The third-order valence-electron chi connectivity index (χ3n) is 2.43. The van der Waals surface area contributed by atoms with Crippen molar-refractivity contribution in [2.75, 3.05) is 13.2 Å². The van der Waals surface area contributed by atoms with E-state index in [1.54, 1.807) is 0 Å². The van der Waals surface area contributed by atoms with E-state index < -0.39 is 0 Å². The second kappa shape index (κ2) is 3.11. The van der Waals surface area contributed by atoms with Crippen LogP contribution in [0.15, 0.2) is 0 Å². The highest BCUT2D eigenvalue weighted by Gasteiger charge is 2.33. The highest BCUT2D eigenvalue weighted by atomic mass is 16.5. The van der Waals surface area contributed by atoms with E-state index in [0.29, 0.717) is 19.1 Å². The van der Waals surface area contributed by atoms with Crippen LogP contribution in [0, 0.1) is 11.3 Å². The third kappa shape index (κ3) is 2.17. The molecule has 0 aromatic heterocycles. The van der Waals surface area contributed by atoms with E-state index in [4.69, 9.17) is 4.74 Å². The summed E-state index contributed by atoms with van der Waals surface area (Å²) in [4.78, 5) is 0. The predicted molar refractivity (Wildman–Crippen MR) is 44.4 cm³/mol. The summed E-state index contributed by atoms with van der Waals surface area (Å²) in [6.45, 7) is 7.87. The van der Waals surface area contributed by atoms with E-state index in [-0.39, 0.29) is 11.5 Å². The third-order valence-corrected chi connectivity index (χ3v) is 2.43. The highest BCUT2D eigenvalue weighted by Crippen LogP contribution is 2.32. The summed E-state index contributed by atoms with van der Waals surface area (Å²) in [5.74, 6) is 0.302. The summed E-state index contributed by atoms with van der Waals surface area (Å²) in [6.07, 6.45) is 0.630. The molecular weight excluding hydrogens is 140 g/mol. The van der Waals surface area contributed by atoms with Crippen molar-refractivity contribution in [3.05, 3.63) is 0 Å². The minimum Gasteiger partial charge on any atom is -0.393 e.